The van der Waals surface area contributed by atoms with Gasteiger partial charge in [0.2, 0.25) is 0 Å². The number of rotatable bonds is 4. The Morgan fingerprint density at radius 1 is 1.30 bits per heavy atom. The molecule has 1 amide bonds. The SMILES string of the molecule is CC(Oc1ccc(F)c(F)c1)C(=O)Nc1cccnc1. The number of benzene rings is 1. The first-order valence-electron chi connectivity index (χ1n) is 5.89. The Bertz CT molecular complexity index is 605. The van der Waals surface area contributed by atoms with Gasteiger partial charge in [-0.1, -0.05) is 0 Å². The molecule has 20 heavy (non-hydrogen) atoms. The van der Waals surface area contributed by atoms with E-state index >= 15 is 0 Å². The van der Waals surface area contributed by atoms with E-state index in [4.69, 9.17) is 4.74 Å². The highest BCUT2D eigenvalue weighted by Crippen LogP contribution is 2.17. The smallest absolute Gasteiger partial charge is 0.265 e. The number of ether oxygens (including phenoxy) is 1. The van der Waals surface area contributed by atoms with Crippen LogP contribution in [0.15, 0.2) is 42.7 Å². The molecule has 4 nitrogen and oxygen atoms in total. The Morgan fingerprint density at radius 2 is 2.10 bits per heavy atom. The lowest BCUT2D eigenvalue weighted by Gasteiger charge is -2.14. The van der Waals surface area contributed by atoms with Gasteiger partial charge >= 0.3 is 0 Å². The van der Waals surface area contributed by atoms with Gasteiger partial charge < -0.3 is 10.1 Å². The van der Waals surface area contributed by atoms with E-state index in [9.17, 15) is 13.6 Å². The van der Waals surface area contributed by atoms with Crippen LogP contribution in [-0.2, 0) is 4.79 Å². The van der Waals surface area contributed by atoms with E-state index in [-0.39, 0.29) is 5.75 Å². The average Bonchev–Trinajstić information content (AvgIpc) is 2.44. The van der Waals surface area contributed by atoms with Crippen molar-refractivity contribution in [1.82, 2.24) is 4.98 Å². The van der Waals surface area contributed by atoms with Gasteiger partial charge in [0, 0.05) is 12.3 Å². The van der Waals surface area contributed by atoms with E-state index in [0.29, 0.717) is 5.69 Å². The summed E-state index contributed by atoms with van der Waals surface area (Å²) in [5.41, 5.74) is 0.526. The fourth-order valence-electron chi connectivity index (χ4n) is 1.49. The van der Waals surface area contributed by atoms with E-state index in [1.807, 2.05) is 0 Å². The van der Waals surface area contributed by atoms with E-state index in [2.05, 4.69) is 10.3 Å². The second-order valence-electron chi connectivity index (χ2n) is 4.07. The van der Waals surface area contributed by atoms with Crippen LogP contribution in [0.2, 0.25) is 0 Å². The normalized spacial score (nSPS) is 11.8. The summed E-state index contributed by atoms with van der Waals surface area (Å²) >= 11 is 0. The molecule has 6 heteroatoms. The molecule has 1 N–H and O–H groups in total. The number of nitrogens with zero attached hydrogens (tertiary/aromatic N) is 1. The lowest BCUT2D eigenvalue weighted by Crippen LogP contribution is -2.30. The highest BCUT2D eigenvalue weighted by molar-refractivity contribution is 5.93. The number of carbonyl (C=O) groups excluding carboxylic acids is 1. The van der Waals surface area contributed by atoms with Crippen LogP contribution in [0.25, 0.3) is 0 Å². The zero-order valence-electron chi connectivity index (χ0n) is 10.6. The molecule has 2 rings (SSSR count). The van der Waals surface area contributed by atoms with Crippen molar-refractivity contribution in [2.75, 3.05) is 5.32 Å². The Labute approximate surface area is 114 Å². The highest BCUT2D eigenvalue weighted by atomic mass is 19.2. The summed E-state index contributed by atoms with van der Waals surface area (Å²) in [6, 6.07) is 6.44. The third-order valence-electron chi connectivity index (χ3n) is 2.50. The van der Waals surface area contributed by atoms with E-state index in [1.165, 1.54) is 19.2 Å². The molecule has 0 fully saturated rings. The fourth-order valence-corrected chi connectivity index (χ4v) is 1.49. The quantitative estimate of drug-likeness (QED) is 0.935. The number of halogens is 2. The number of aromatic nitrogens is 1. The first kappa shape index (κ1) is 13.9. The lowest BCUT2D eigenvalue weighted by molar-refractivity contribution is -0.122. The van der Waals surface area contributed by atoms with Crippen LogP contribution < -0.4 is 10.1 Å². The molecular weight excluding hydrogens is 266 g/mol. The van der Waals surface area contributed by atoms with Crippen LogP contribution in [0.3, 0.4) is 0 Å². The van der Waals surface area contributed by atoms with Gasteiger partial charge in [-0.3, -0.25) is 9.78 Å². The van der Waals surface area contributed by atoms with Gasteiger partial charge in [0.25, 0.3) is 5.91 Å². The van der Waals surface area contributed by atoms with Crippen LogP contribution in [0.1, 0.15) is 6.92 Å². The molecule has 1 atom stereocenters. The molecule has 0 bridgehead atoms. The van der Waals surface area contributed by atoms with Gasteiger partial charge in [-0.25, -0.2) is 8.78 Å². The largest absolute Gasteiger partial charge is 0.481 e. The summed E-state index contributed by atoms with van der Waals surface area (Å²) in [6.45, 7) is 1.51. The minimum atomic E-state index is -1.03. The molecule has 1 unspecified atom stereocenters. The molecular formula is C14H12F2N2O2. The maximum atomic E-state index is 13.0. The Kier molecular flexibility index (Phi) is 4.24. The van der Waals surface area contributed by atoms with Crippen molar-refractivity contribution in [3.8, 4) is 5.75 Å². The number of carbonyl (C=O) groups is 1. The molecule has 0 aliphatic carbocycles. The summed E-state index contributed by atoms with van der Waals surface area (Å²) in [5.74, 6) is -2.33. The standard InChI is InChI=1S/C14H12F2N2O2/c1-9(14(19)18-10-3-2-6-17-8-10)20-11-4-5-12(15)13(16)7-11/h2-9H,1H3,(H,18,19). The minimum absolute atomic E-state index is 0.0812. The Morgan fingerprint density at radius 3 is 2.75 bits per heavy atom. The number of hydrogen-bond donors (Lipinski definition) is 1. The van der Waals surface area contributed by atoms with Crippen molar-refractivity contribution in [2.45, 2.75) is 13.0 Å². The summed E-state index contributed by atoms with van der Waals surface area (Å²) in [4.78, 5) is 15.7. The molecule has 1 heterocycles. The molecule has 0 saturated heterocycles. The van der Waals surface area contributed by atoms with Gasteiger partial charge in [-0.15, -0.1) is 0 Å². The summed E-state index contributed by atoms with van der Waals surface area (Å²) < 4.78 is 31.0. The molecule has 2 aromatic rings. The number of hydrogen-bond acceptors (Lipinski definition) is 3. The summed E-state index contributed by atoms with van der Waals surface area (Å²) in [6.07, 6.45) is 2.21. The minimum Gasteiger partial charge on any atom is -0.481 e. The molecule has 0 spiro atoms. The predicted molar refractivity (Wildman–Crippen MR) is 69.3 cm³/mol. The Balaban J connectivity index is 1.98. The number of anilines is 1. The molecule has 1 aromatic carbocycles. The van der Waals surface area contributed by atoms with Crippen LogP contribution in [0.4, 0.5) is 14.5 Å². The third-order valence-corrected chi connectivity index (χ3v) is 2.50. The van der Waals surface area contributed by atoms with E-state index in [0.717, 1.165) is 12.1 Å². The van der Waals surface area contributed by atoms with Crippen molar-refractivity contribution < 1.29 is 18.3 Å². The third kappa shape index (κ3) is 3.50. The van der Waals surface area contributed by atoms with Gasteiger partial charge in [-0.05, 0) is 31.2 Å². The topological polar surface area (TPSA) is 51.2 Å². The van der Waals surface area contributed by atoms with Crippen molar-refractivity contribution in [3.63, 3.8) is 0 Å². The molecule has 0 aliphatic rings. The second kappa shape index (κ2) is 6.10. The summed E-state index contributed by atoms with van der Waals surface area (Å²) in [7, 11) is 0. The first-order chi connectivity index (χ1) is 9.56. The van der Waals surface area contributed by atoms with Gasteiger partial charge in [-0.2, -0.15) is 0 Å². The van der Waals surface area contributed by atoms with Crippen LogP contribution in [0.5, 0.6) is 5.75 Å². The molecule has 104 valence electrons. The van der Waals surface area contributed by atoms with E-state index < -0.39 is 23.6 Å². The zero-order valence-corrected chi connectivity index (χ0v) is 10.6. The molecule has 1 aromatic heterocycles. The van der Waals surface area contributed by atoms with Crippen molar-refractivity contribution in [3.05, 3.63) is 54.4 Å². The predicted octanol–water partition coefficient (Wildman–Crippen LogP) is 2.77. The van der Waals surface area contributed by atoms with Crippen molar-refractivity contribution in [1.29, 1.82) is 0 Å². The second-order valence-corrected chi connectivity index (χ2v) is 4.07. The van der Waals surface area contributed by atoms with Gasteiger partial charge in [0.1, 0.15) is 5.75 Å². The van der Waals surface area contributed by atoms with Gasteiger partial charge in [0.15, 0.2) is 17.7 Å². The highest BCUT2D eigenvalue weighted by Gasteiger charge is 2.15. The van der Waals surface area contributed by atoms with Crippen molar-refractivity contribution in [2.24, 2.45) is 0 Å². The lowest BCUT2D eigenvalue weighted by atomic mass is 10.3. The van der Waals surface area contributed by atoms with Crippen LogP contribution in [-0.4, -0.2) is 17.0 Å². The number of nitrogens with one attached hydrogen (secondary N) is 1. The maximum Gasteiger partial charge on any atom is 0.265 e. The van der Waals surface area contributed by atoms with Crippen LogP contribution >= 0.6 is 0 Å². The maximum absolute atomic E-state index is 13.0. The van der Waals surface area contributed by atoms with Crippen LogP contribution in [0, 0.1) is 11.6 Å². The fraction of sp³-hybridized carbons (Fsp3) is 0.143. The van der Waals surface area contributed by atoms with Crippen molar-refractivity contribution >= 4 is 11.6 Å². The monoisotopic (exact) mass is 278 g/mol. The Hall–Kier alpha value is -2.50. The molecule has 0 saturated carbocycles. The average molecular weight is 278 g/mol. The number of pyridine rings is 1. The van der Waals surface area contributed by atoms with Gasteiger partial charge in [0.05, 0.1) is 11.9 Å². The number of amides is 1. The molecule has 0 aliphatic heterocycles. The summed E-state index contributed by atoms with van der Waals surface area (Å²) in [5, 5.41) is 2.59. The first-order valence-corrected chi connectivity index (χ1v) is 5.89. The van der Waals surface area contributed by atoms with E-state index in [1.54, 1.807) is 18.3 Å². The molecule has 0 radical (unpaired) electrons. The zero-order chi connectivity index (χ0) is 14.5.